The summed E-state index contributed by atoms with van der Waals surface area (Å²) in [6.07, 6.45) is 2.11. The lowest BCUT2D eigenvalue weighted by atomic mass is 10.1. The number of nitrogens with zero attached hydrogens (tertiary/aromatic N) is 2. The molecule has 4 aromatic rings. The molecule has 0 fully saturated rings. The molecule has 2 aromatic carbocycles. The number of nitrogens with one attached hydrogen (secondary N) is 2. The summed E-state index contributed by atoms with van der Waals surface area (Å²) in [5.74, 6) is -0.782. The minimum atomic E-state index is -0.513. The Kier molecular flexibility index (Phi) is 5.10. The highest BCUT2D eigenvalue weighted by atomic mass is 16.3. The van der Waals surface area contributed by atoms with Crippen LogP contribution >= 0.6 is 0 Å². The van der Waals surface area contributed by atoms with E-state index in [-0.39, 0.29) is 5.76 Å². The maximum atomic E-state index is 12.7. The fourth-order valence-corrected chi connectivity index (χ4v) is 3.44. The first-order valence-electron chi connectivity index (χ1n) is 9.72. The van der Waals surface area contributed by atoms with E-state index >= 15 is 0 Å². The summed E-state index contributed by atoms with van der Waals surface area (Å²) < 4.78 is 7.37. The summed E-state index contributed by atoms with van der Waals surface area (Å²) in [5, 5.41) is 5.22. The molecule has 0 aliphatic carbocycles. The fourth-order valence-electron chi connectivity index (χ4n) is 3.44. The molecule has 2 heterocycles. The van der Waals surface area contributed by atoms with Crippen LogP contribution in [0.4, 0.5) is 0 Å². The molecule has 2 aromatic heterocycles. The minimum Gasteiger partial charge on any atom is -0.451 e. The molecule has 0 aliphatic heterocycles. The van der Waals surface area contributed by atoms with E-state index in [0.717, 1.165) is 27.9 Å². The van der Waals surface area contributed by atoms with Crippen LogP contribution < -0.4 is 10.9 Å². The summed E-state index contributed by atoms with van der Waals surface area (Å²) in [6, 6.07) is 15.3. The molecule has 2 amide bonds. The van der Waals surface area contributed by atoms with Crippen LogP contribution in [0.3, 0.4) is 0 Å². The van der Waals surface area contributed by atoms with E-state index in [1.807, 2.05) is 63.2 Å². The number of furan rings is 1. The fraction of sp³-hybridized carbons (Fsp3) is 0.174. The van der Waals surface area contributed by atoms with Gasteiger partial charge in [-0.1, -0.05) is 42.8 Å². The topological polar surface area (TPSA) is 89.2 Å². The van der Waals surface area contributed by atoms with E-state index < -0.39 is 11.8 Å². The highest BCUT2D eigenvalue weighted by molar-refractivity contribution is 6.01. The number of para-hydroxylation sites is 1. The molecule has 0 saturated heterocycles. The van der Waals surface area contributed by atoms with Crippen LogP contribution in [0.25, 0.3) is 16.7 Å². The van der Waals surface area contributed by atoms with Crippen molar-refractivity contribution in [1.82, 2.24) is 20.6 Å². The number of hydrogen-bond acceptors (Lipinski definition) is 4. The quantitative estimate of drug-likeness (QED) is 0.507. The minimum absolute atomic E-state index is 0.169. The molecule has 0 atom stereocenters. The number of carbonyl (C=O) groups is 2. The normalized spacial score (nSPS) is 10.9. The monoisotopic (exact) mass is 402 g/mol. The highest BCUT2D eigenvalue weighted by Crippen LogP contribution is 2.24. The van der Waals surface area contributed by atoms with Gasteiger partial charge < -0.3 is 4.42 Å². The van der Waals surface area contributed by atoms with Gasteiger partial charge in [0, 0.05) is 10.9 Å². The van der Waals surface area contributed by atoms with Crippen LogP contribution in [0.15, 0.2) is 59.1 Å². The molecule has 2 N–H and O–H groups in total. The molecule has 0 bridgehead atoms. The zero-order valence-corrected chi connectivity index (χ0v) is 17.0. The number of fused-ring (bicyclic) bond motifs is 1. The first-order valence-corrected chi connectivity index (χ1v) is 9.72. The Morgan fingerprint density at radius 3 is 2.40 bits per heavy atom. The molecule has 152 valence electrons. The number of carbonyl (C=O) groups excluding carboxylic acids is 2. The van der Waals surface area contributed by atoms with Gasteiger partial charge >= 0.3 is 5.91 Å². The lowest BCUT2D eigenvalue weighted by Crippen LogP contribution is -2.42. The van der Waals surface area contributed by atoms with Gasteiger partial charge in [0.25, 0.3) is 5.91 Å². The average molecular weight is 402 g/mol. The second kappa shape index (κ2) is 7.87. The number of hydrazine groups is 1. The van der Waals surface area contributed by atoms with Crippen molar-refractivity contribution >= 4 is 22.8 Å². The SMILES string of the molecule is CCc1c(C(=O)NNC(=O)c2oc3ccccc3c2C)cnn1-c1ccc(C)cc1. The zero-order valence-electron chi connectivity index (χ0n) is 17.0. The van der Waals surface area contributed by atoms with Crippen LogP contribution in [0.5, 0.6) is 0 Å². The molecule has 0 aliphatic rings. The zero-order chi connectivity index (χ0) is 21.3. The number of aromatic nitrogens is 2. The first kappa shape index (κ1) is 19.4. The Hall–Kier alpha value is -3.87. The van der Waals surface area contributed by atoms with Gasteiger partial charge in [0.1, 0.15) is 5.58 Å². The van der Waals surface area contributed by atoms with E-state index in [4.69, 9.17) is 4.42 Å². The second-order valence-electron chi connectivity index (χ2n) is 7.07. The largest absolute Gasteiger partial charge is 0.451 e. The van der Waals surface area contributed by atoms with E-state index in [1.165, 1.54) is 6.20 Å². The average Bonchev–Trinajstić information content (AvgIpc) is 3.34. The first-order chi connectivity index (χ1) is 14.5. The third kappa shape index (κ3) is 3.45. The van der Waals surface area contributed by atoms with Crippen LogP contribution in [-0.4, -0.2) is 21.6 Å². The third-order valence-corrected chi connectivity index (χ3v) is 5.07. The lowest BCUT2D eigenvalue weighted by Gasteiger charge is -2.09. The molecular weight excluding hydrogens is 380 g/mol. The highest BCUT2D eigenvalue weighted by Gasteiger charge is 2.20. The van der Waals surface area contributed by atoms with Gasteiger partial charge in [-0.15, -0.1) is 0 Å². The molecule has 0 unspecified atom stereocenters. The van der Waals surface area contributed by atoms with E-state index in [0.29, 0.717) is 17.6 Å². The van der Waals surface area contributed by atoms with Crippen molar-refractivity contribution in [3.63, 3.8) is 0 Å². The number of hydrogen-bond donors (Lipinski definition) is 2. The summed E-state index contributed by atoms with van der Waals surface area (Å²) in [6.45, 7) is 5.77. The van der Waals surface area contributed by atoms with Crippen LogP contribution in [0.2, 0.25) is 0 Å². The van der Waals surface area contributed by atoms with Crippen molar-refractivity contribution in [3.8, 4) is 5.69 Å². The Morgan fingerprint density at radius 2 is 1.70 bits per heavy atom. The van der Waals surface area contributed by atoms with Gasteiger partial charge in [-0.25, -0.2) is 4.68 Å². The van der Waals surface area contributed by atoms with Gasteiger partial charge in [0.2, 0.25) is 0 Å². The predicted octanol–water partition coefficient (Wildman–Crippen LogP) is 3.87. The molecule has 0 saturated carbocycles. The summed E-state index contributed by atoms with van der Waals surface area (Å²) >= 11 is 0. The van der Waals surface area contributed by atoms with Crippen molar-refractivity contribution in [3.05, 3.63) is 82.9 Å². The van der Waals surface area contributed by atoms with Gasteiger partial charge in [0.15, 0.2) is 5.76 Å². The summed E-state index contributed by atoms with van der Waals surface area (Å²) in [7, 11) is 0. The molecule has 0 radical (unpaired) electrons. The number of amides is 2. The van der Waals surface area contributed by atoms with Crippen molar-refractivity contribution < 1.29 is 14.0 Å². The molecule has 7 nitrogen and oxygen atoms in total. The Bertz CT molecular complexity index is 1240. The molecule has 30 heavy (non-hydrogen) atoms. The van der Waals surface area contributed by atoms with Crippen molar-refractivity contribution in [2.24, 2.45) is 0 Å². The number of aryl methyl sites for hydroxylation is 2. The van der Waals surface area contributed by atoms with Gasteiger partial charge in [-0.3, -0.25) is 20.4 Å². The Labute approximate surface area is 173 Å². The van der Waals surface area contributed by atoms with Crippen molar-refractivity contribution in [1.29, 1.82) is 0 Å². The maximum Gasteiger partial charge on any atom is 0.305 e. The molecular formula is C23H22N4O3. The third-order valence-electron chi connectivity index (χ3n) is 5.07. The maximum absolute atomic E-state index is 12.7. The predicted molar refractivity (Wildman–Crippen MR) is 114 cm³/mol. The molecule has 0 spiro atoms. The Morgan fingerprint density at radius 1 is 1.00 bits per heavy atom. The van der Waals surface area contributed by atoms with Gasteiger partial charge in [0.05, 0.1) is 23.1 Å². The van der Waals surface area contributed by atoms with E-state index in [2.05, 4.69) is 16.0 Å². The van der Waals surface area contributed by atoms with E-state index in [1.54, 1.807) is 10.7 Å². The van der Waals surface area contributed by atoms with Gasteiger partial charge in [-0.05, 0) is 38.5 Å². The molecule has 4 rings (SSSR count). The lowest BCUT2D eigenvalue weighted by molar-refractivity contribution is 0.0831. The van der Waals surface area contributed by atoms with Crippen molar-refractivity contribution in [2.45, 2.75) is 27.2 Å². The molecule has 7 heteroatoms. The summed E-state index contributed by atoms with van der Waals surface area (Å²) in [5.41, 5.74) is 9.42. The standard InChI is InChI=1S/C23H22N4O3/c1-4-19-18(13-24-27(19)16-11-9-14(2)10-12-16)22(28)25-26-23(29)21-15(3)17-7-5-6-8-20(17)30-21/h5-13H,4H2,1-3H3,(H,25,28)(H,26,29). The number of benzene rings is 2. The smallest absolute Gasteiger partial charge is 0.305 e. The van der Waals surface area contributed by atoms with Crippen LogP contribution in [-0.2, 0) is 6.42 Å². The van der Waals surface area contributed by atoms with Crippen LogP contribution in [0, 0.1) is 13.8 Å². The van der Waals surface area contributed by atoms with E-state index in [9.17, 15) is 9.59 Å². The number of rotatable bonds is 4. The van der Waals surface area contributed by atoms with Crippen molar-refractivity contribution in [2.75, 3.05) is 0 Å². The van der Waals surface area contributed by atoms with Gasteiger partial charge in [-0.2, -0.15) is 5.10 Å². The second-order valence-corrected chi connectivity index (χ2v) is 7.07. The Balaban J connectivity index is 1.52. The van der Waals surface area contributed by atoms with Crippen LogP contribution in [0.1, 0.15) is 44.7 Å². The summed E-state index contributed by atoms with van der Waals surface area (Å²) in [4.78, 5) is 25.2.